The molecule has 0 unspecified atom stereocenters. The predicted octanol–water partition coefficient (Wildman–Crippen LogP) is 2.21. The summed E-state index contributed by atoms with van der Waals surface area (Å²) < 4.78 is 5.02. The third-order valence-electron chi connectivity index (χ3n) is 2.43. The topological polar surface area (TPSA) is 81.0 Å². The van der Waals surface area contributed by atoms with Gasteiger partial charge in [0, 0.05) is 36.2 Å². The number of hydrogen-bond acceptors (Lipinski definition) is 4. The highest BCUT2D eigenvalue weighted by Crippen LogP contribution is 2.23. The van der Waals surface area contributed by atoms with E-state index in [9.17, 15) is 10.1 Å². The van der Waals surface area contributed by atoms with Crippen LogP contribution < -0.4 is 4.74 Å². The second-order valence-electron chi connectivity index (χ2n) is 3.56. The molecule has 0 atom stereocenters. The molecule has 6 heteroatoms. The number of fused-ring (bicyclic) bond motifs is 1. The number of rotatable bonds is 3. The van der Waals surface area contributed by atoms with Crippen LogP contribution in [-0.4, -0.2) is 22.0 Å². The standard InChI is InChI=1S/C11H11N3O3/c1-7(14(15)16)3-8-5-12-10-6-13-11(17-2)4-9(8)10/h3-6,12H,1-2H3. The first-order chi connectivity index (χ1) is 8.11. The number of ether oxygens (including phenoxy) is 1. The molecule has 88 valence electrons. The summed E-state index contributed by atoms with van der Waals surface area (Å²) in [7, 11) is 1.53. The zero-order chi connectivity index (χ0) is 12.4. The number of methoxy groups -OCH3 is 1. The Labute approximate surface area is 97.1 Å². The quantitative estimate of drug-likeness (QED) is 0.650. The van der Waals surface area contributed by atoms with Gasteiger partial charge in [0.05, 0.1) is 23.7 Å². The van der Waals surface area contributed by atoms with E-state index in [2.05, 4.69) is 9.97 Å². The van der Waals surface area contributed by atoms with Crippen LogP contribution in [0.25, 0.3) is 17.0 Å². The first-order valence-corrected chi connectivity index (χ1v) is 4.95. The maximum atomic E-state index is 10.6. The molecular formula is C11H11N3O3. The highest BCUT2D eigenvalue weighted by Gasteiger charge is 2.08. The lowest BCUT2D eigenvalue weighted by Gasteiger charge is -1.98. The van der Waals surface area contributed by atoms with Gasteiger partial charge >= 0.3 is 0 Å². The first-order valence-electron chi connectivity index (χ1n) is 4.95. The third-order valence-corrected chi connectivity index (χ3v) is 2.43. The summed E-state index contributed by atoms with van der Waals surface area (Å²) in [6.07, 6.45) is 4.85. The molecule has 2 heterocycles. The SMILES string of the molecule is COc1cc2c(C=C(C)[N+](=O)[O-])c[nH]c2cn1. The fourth-order valence-electron chi connectivity index (χ4n) is 1.53. The Hall–Kier alpha value is -2.37. The highest BCUT2D eigenvalue weighted by atomic mass is 16.6. The summed E-state index contributed by atoms with van der Waals surface area (Å²) in [6, 6.07) is 1.74. The van der Waals surface area contributed by atoms with Crippen molar-refractivity contribution in [1.82, 2.24) is 9.97 Å². The van der Waals surface area contributed by atoms with Gasteiger partial charge in [-0.1, -0.05) is 0 Å². The number of nitrogens with one attached hydrogen (secondary N) is 1. The van der Waals surface area contributed by atoms with Crippen LogP contribution >= 0.6 is 0 Å². The largest absolute Gasteiger partial charge is 0.481 e. The number of pyridine rings is 1. The van der Waals surface area contributed by atoms with E-state index in [0.717, 1.165) is 16.5 Å². The smallest absolute Gasteiger partial charge is 0.243 e. The van der Waals surface area contributed by atoms with Crippen LogP contribution in [0.2, 0.25) is 0 Å². The summed E-state index contributed by atoms with van der Waals surface area (Å²) in [5, 5.41) is 11.4. The molecule has 17 heavy (non-hydrogen) atoms. The molecule has 0 spiro atoms. The molecule has 2 rings (SSSR count). The van der Waals surface area contributed by atoms with Crippen LogP contribution in [0.15, 0.2) is 24.2 Å². The number of aromatic amines is 1. The van der Waals surface area contributed by atoms with Gasteiger partial charge < -0.3 is 9.72 Å². The summed E-state index contributed by atoms with van der Waals surface area (Å²) in [5.41, 5.74) is 1.64. The highest BCUT2D eigenvalue weighted by molar-refractivity contribution is 5.89. The van der Waals surface area contributed by atoms with Crippen molar-refractivity contribution in [3.05, 3.63) is 39.8 Å². The lowest BCUT2D eigenvalue weighted by Crippen LogP contribution is -1.92. The lowest BCUT2D eigenvalue weighted by molar-refractivity contribution is -0.422. The molecule has 0 aliphatic rings. The van der Waals surface area contributed by atoms with Gasteiger partial charge in [0.25, 0.3) is 0 Å². The third kappa shape index (κ3) is 2.10. The van der Waals surface area contributed by atoms with Gasteiger partial charge in [-0.05, 0) is 0 Å². The summed E-state index contributed by atoms with van der Waals surface area (Å²) in [5.74, 6) is 0.477. The molecule has 0 aliphatic carbocycles. The number of allylic oxidation sites excluding steroid dienone is 1. The van der Waals surface area contributed by atoms with Gasteiger partial charge in [-0.25, -0.2) is 4.98 Å². The van der Waals surface area contributed by atoms with Gasteiger partial charge in [-0.2, -0.15) is 0 Å². The molecule has 0 aromatic carbocycles. The molecule has 2 aromatic heterocycles. The Balaban J connectivity index is 2.55. The van der Waals surface area contributed by atoms with Crippen molar-refractivity contribution >= 4 is 17.0 Å². The lowest BCUT2D eigenvalue weighted by atomic mass is 10.2. The van der Waals surface area contributed by atoms with E-state index in [1.54, 1.807) is 18.5 Å². The molecule has 0 saturated carbocycles. The normalized spacial score (nSPS) is 11.8. The van der Waals surface area contributed by atoms with Crippen LogP contribution in [0.4, 0.5) is 0 Å². The maximum Gasteiger partial charge on any atom is 0.243 e. The van der Waals surface area contributed by atoms with Gasteiger partial charge in [0.15, 0.2) is 0 Å². The van der Waals surface area contributed by atoms with Crippen LogP contribution in [0.3, 0.4) is 0 Å². The minimum atomic E-state index is -0.419. The van der Waals surface area contributed by atoms with Crippen LogP contribution in [0, 0.1) is 10.1 Å². The van der Waals surface area contributed by atoms with Crippen LogP contribution in [-0.2, 0) is 0 Å². The molecule has 0 bridgehead atoms. The van der Waals surface area contributed by atoms with Crippen molar-refractivity contribution in [3.63, 3.8) is 0 Å². The molecular weight excluding hydrogens is 222 g/mol. The van der Waals surface area contributed by atoms with E-state index in [1.807, 2.05) is 0 Å². The molecule has 0 aliphatic heterocycles. The fraction of sp³-hybridized carbons (Fsp3) is 0.182. The second-order valence-corrected chi connectivity index (χ2v) is 3.56. The second kappa shape index (κ2) is 4.25. The Bertz CT molecular complexity index is 601. The average molecular weight is 233 g/mol. The molecule has 2 aromatic rings. The van der Waals surface area contributed by atoms with E-state index >= 15 is 0 Å². The molecule has 0 radical (unpaired) electrons. The van der Waals surface area contributed by atoms with Gasteiger partial charge in [-0.15, -0.1) is 0 Å². The van der Waals surface area contributed by atoms with Crippen LogP contribution in [0.1, 0.15) is 12.5 Å². The summed E-state index contributed by atoms with van der Waals surface area (Å²) >= 11 is 0. The van der Waals surface area contributed by atoms with Crippen molar-refractivity contribution in [2.75, 3.05) is 7.11 Å². The zero-order valence-electron chi connectivity index (χ0n) is 9.43. The predicted molar refractivity (Wildman–Crippen MR) is 63.3 cm³/mol. The van der Waals surface area contributed by atoms with Crippen molar-refractivity contribution in [2.24, 2.45) is 0 Å². The van der Waals surface area contributed by atoms with E-state index < -0.39 is 4.92 Å². The van der Waals surface area contributed by atoms with Crippen molar-refractivity contribution < 1.29 is 9.66 Å². The van der Waals surface area contributed by atoms with Gasteiger partial charge in [0.1, 0.15) is 0 Å². The number of nitrogens with zero attached hydrogens (tertiary/aromatic N) is 2. The number of hydrogen-bond donors (Lipinski definition) is 1. The van der Waals surface area contributed by atoms with Crippen molar-refractivity contribution in [2.45, 2.75) is 6.92 Å². The zero-order valence-corrected chi connectivity index (χ0v) is 9.43. The Morgan fingerprint density at radius 3 is 3.06 bits per heavy atom. The van der Waals surface area contributed by atoms with E-state index in [1.165, 1.54) is 20.1 Å². The van der Waals surface area contributed by atoms with Crippen molar-refractivity contribution in [1.29, 1.82) is 0 Å². The molecule has 0 fully saturated rings. The van der Waals surface area contributed by atoms with Crippen LogP contribution in [0.5, 0.6) is 5.88 Å². The van der Waals surface area contributed by atoms with E-state index in [-0.39, 0.29) is 5.70 Å². The Kier molecular flexibility index (Phi) is 2.78. The molecule has 0 saturated heterocycles. The minimum Gasteiger partial charge on any atom is -0.481 e. The number of nitro groups is 1. The summed E-state index contributed by atoms with van der Waals surface area (Å²) in [6.45, 7) is 1.46. The van der Waals surface area contributed by atoms with Gasteiger partial charge in [-0.3, -0.25) is 10.1 Å². The Morgan fingerprint density at radius 1 is 1.65 bits per heavy atom. The van der Waals surface area contributed by atoms with E-state index in [4.69, 9.17) is 4.74 Å². The molecule has 1 N–H and O–H groups in total. The first kappa shape index (κ1) is 11.1. The summed E-state index contributed by atoms with van der Waals surface area (Å²) in [4.78, 5) is 17.2. The molecule has 0 amide bonds. The number of H-pyrrole nitrogens is 1. The Morgan fingerprint density at radius 2 is 2.41 bits per heavy atom. The van der Waals surface area contributed by atoms with Crippen molar-refractivity contribution in [3.8, 4) is 5.88 Å². The maximum absolute atomic E-state index is 10.6. The number of aromatic nitrogens is 2. The minimum absolute atomic E-state index is 0.0849. The van der Waals surface area contributed by atoms with E-state index in [0.29, 0.717) is 5.88 Å². The average Bonchev–Trinajstić information content (AvgIpc) is 2.71. The fourth-order valence-corrected chi connectivity index (χ4v) is 1.53. The van der Waals surface area contributed by atoms with Gasteiger partial charge in [0.2, 0.25) is 11.6 Å². The molecule has 6 nitrogen and oxygen atoms in total. The monoisotopic (exact) mass is 233 g/mol.